The molecular weight excluding hydrogens is 375 g/mol. The molecule has 0 spiro atoms. The number of aromatic amines is 1. The lowest BCUT2D eigenvalue weighted by Crippen LogP contribution is -2.35. The first-order chi connectivity index (χ1) is 13.2. The van der Waals surface area contributed by atoms with Crippen LogP contribution >= 0.6 is 0 Å². The molecule has 0 aromatic carbocycles. The minimum atomic E-state index is -4.68. The van der Waals surface area contributed by atoms with Gasteiger partial charge in [0.05, 0.1) is 12.6 Å². The minimum Gasteiger partial charge on any atom is -0.354 e. The molecule has 1 fully saturated rings. The van der Waals surface area contributed by atoms with E-state index in [1.807, 2.05) is 11.0 Å². The van der Waals surface area contributed by atoms with E-state index < -0.39 is 17.4 Å². The largest absolute Gasteiger partial charge is 0.433 e. The highest BCUT2D eigenvalue weighted by Crippen LogP contribution is 2.33. The highest BCUT2D eigenvalue weighted by atomic mass is 19.4. The van der Waals surface area contributed by atoms with Gasteiger partial charge in [0.15, 0.2) is 5.69 Å². The number of likely N-dealkylation sites (tertiary alicyclic amines) is 1. The van der Waals surface area contributed by atoms with E-state index in [4.69, 9.17) is 0 Å². The molecule has 3 heterocycles. The number of nitrogens with zero attached hydrogens (tertiary/aromatic N) is 3. The summed E-state index contributed by atoms with van der Waals surface area (Å²) in [6, 6.07) is 3.96. The molecule has 2 aromatic rings. The predicted octanol–water partition coefficient (Wildman–Crippen LogP) is 2.21. The summed E-state index contributed by atoms with van der Waals surface area (Å²) in [6.07, 6.45) is -2.01. The maximum absolute atomic E-state index is 13.0. The van der Waals surface area contributed by atoms with Crippen molar-refractivity contribution >= 4 is 5.91 Å². The van der Waals surface area contributed by atoms with E-state index in [1.54, 1.807) is 24.7 Å². The first kappa shape index (κ1) is 20.1. The van der Waals surface area contributed by atoms with Crippen LogP contribution in [0.25, 0.3) is 0 Å². The summed E-state index contributed by atoms with van der Waals surface area (Å²) in [5, 5.41) is 2.59. The molecule has 0 saturated carbocycles. The Bertz CT molecular complexity index is 919. The number of amides is 1. The zero-order valence-electron chi connectivity index (χ0n) is 15.6. The standard InChI is InChI=1S/C18H22F3N5O2/c1-22-17(28)13-7-6-11(25(13)2)12-5-3-4-8-26(12)10-15-23-14(18(19,20)21)9-16(27)24-15/h6-7,9,12H,3-5,8,10H2,1-2H3,(H,22,28)(H,23,24,27)/t12-/m1/s1. The zero-order chi connectivity index (χ0) is 20.5. The third kappa shape index (κ3) is 4.11. The molecule has 1 aliphatic heterocycles. The number of rotatable bonds is 4. The SMILES string of the molecule is CNC(=O)c1ccc([C@H]2CCCCN2Cc2nc(C(F)(F)F)cc(=O)[nH]2)n1C. The average molecular weight is 397 g/mol. The molecule has 1 saturated heterocycles. The first-order valence-electron chi connectivity index (χ1n) is 9.00. The van der Waals surface area contributed by atoms with Crippen LogP contribution < -0.4 is 10.9 Å². The van der Waals surface area contributed by atoms with Crippen molar-refractivity contribution < 1.29 is 18.0 Å². The molecule has 0 unspecified atom stereocenters. The van der Waals surface area contributed by atoms with Crippen LogP contribution in [0.4, 0.5) is 13.2 Å². The third-order valence-corrected chi connectivity index (χ3v) is 5.01. The predicted molar refractivity (Wildman–Crippen MR) is 95.7 cm³/mol. The Morgan fingerprint density at radius 1 is 1.36 bits per heavy atom. The lowest BCUT2D eigenvalue weighted by atomic mass is 9.99. The van der Waals surface area contributed by atoms with Gasteiger partial charge in [-0.1, -0.05) is 6.42 Å². The van der Waals surface area contributed by atoms with Crippen molar-refractivity contribution in [2.75, 3.05) is 13.6 Å². The Morgan fingerprint density at radius 3 is 2.79 bits per heavy atom. The van der Waals surface area contributed by atoms with Crippen LogP contribution in [-0.4, -0.2) is 38.9 Å². The second-order valence-electron chi connectivity index (χ2n) is 6.84. The smallest absolute Gasteiger partial charge is 0.354 e. The normalized spacial score (nSPS) is 18.2. The van der Waals surface area contributed by atoms with E-state index in [-0.39, 0.29) is 24.3 Å². The van der Waals surface area contributed by atoms with Gasteiger partial charge in [0.2, 0.25) is 0 Å². The van der Waals surface area contributed by atoms with Crippen molar-refractivity contribution in [2.24, 2.45) is 7.05 Å². The first-order valence-corrected chi connectivity index (χ1v) is 9.00. The average Bonchev–Trinajstić information content (AvgIpc) is 3.01. The number of hydrogen-bond donors (Lipinski definition) is 2. The molecule has 10 heteroatoms. The van der Waals surface area contributed by atoms with Crippen LogP contribution in [0, 0.1) is 0 Å². The van der Waals surface area contributed by atoms with Crippen LogP contribution in [-0.2, 0) is 19.8 Å². The maximum atomic E-state index is 13.0. The Hall–Kier alpha value is -2.62. The summed E-state index contributed by atoms with van der Waals surface area (Å²) in [4.78, 5) is 31.6. The molecule has 1 atom stereocenters. The van der Waals surface area contributed by atoms with Crippen molar-refractivity contribution in [1.29, 1.82) is 0 Å². The fraction of sp³-hybridized carbons (Fsp3) is 0.500. The third-order valence-electron chi connectivity index (χ3n) is 5.01. The maximum Gasteiger partial charge on any atom is 0.433 e. The van der Waals surface area contributed by atoms with Gasteiger partial charge in [-0.3, -0.25) is 14.5 Å². The van der Waals surface area contributed by atoms with E-state index in [0.29, 0.717) is 18.3 Å². The van der Waals surface area contributed by atoms with Crippen LogP contribution in [0.5, 0.6) is 0 Å². The van der Waals surface area contributed by atoms with Crippen molar-refractivity contribution in [3.8, 4) is 0 Å². The number of halogens is 3. The summed E-state index contributed by atoms with van der Waals surface area (Å²) in [6.45, 7) is 0.745. The van der Waals surface area contributed by atoms with Gasteiger partial charge in [0.1, 0.15) is 11.5 Å². The van der Waals surface area contributed by atoms with Gasteiger partial charge in [0, 0.05) is 25.9 Å². The van der Waals surface area contributed by atoms with E-state index in [0.717, 1.165) is 25.0 Å². The summed E-state index contributed by atoms with van der Waals surface area (Å²) >= 11 is 0. The highest BCUT2D eigenvalue weighted by Gasteiger charge is 2.34. The summed E-state index contributed by atoms with van der Waals surface area (Å²) < 4.78 is 40.7. The Morgan fingerprint density at radius 2 is 2.11 bits per heavy atom. The van der Waals surface area contributed by atoms with Crippen LogP contribution in [0.15, 0.2) is 23.0 Å². The number of H-pyrrole nitrogens is 1. The second-order valence-corrected chi connectivity index (χ2v) is 6.84. The number of aromatic nitrogens is 3. The van der Waals surface area contributed by atoms with Crippen molar-refractivity contribution in [2.45, 2.75) is 38.0 Å². The van der Waals surface area contributed by atoms with Crippen LogP contribution in [0.3, 0.4) is 0 Å². The minimum absolute atomic E-state index is 0.0209. The molecule has 28 heavy (non-hydrogen) atoms. The Balaban J connectivity index is 1.89. The molecule has 0 bridgehead atoms. The molecule has 0 aliphatic carbocycles. The van der Waals surface area contributed by atoms with E-state index in [1.165, 1.54) is 0 Å². The molecule has 7 nitrogen and oxygen atoms in total. The summed E-state index contributed by atoms with van der Waals surface area (Å²) in [7, 11) is 3.34. The van der Waals surface area contributed by atoms with Gasteiger partial charge in [-0.2, -0.15) is 13.2 Å². The van der Waals surface area contributed by atoms with E-state index in [2.05, 4.69) is 15.3 Å². The van der Waals surface area contributed by atoms with Gasteiger partial charge < -0.3 is 14.9 Å². The fourth-order valence-corrected chi connectivity index (χ4v) is 3.65. The Kier molecular flexibility index (Phi) is 5.59. The fourth-order valence-electron chi connectivity index (χ4n) is 3.65. The number of nitrogens with one attached hydrogen (secondary N) is 2. The van der Waals surface area contributed by atoms with Gasteiger partial charge in [0.25, 0.3) is 11.5 Å². The van der Waals surface area contributed by atoms with Gasteiger partial charge in [-0.15, -0.1) is 0 Å². The molecule has 0 radical (unpaired) electrons. The number of hydrogen-bond acceptors (Lipinski definition) is 4. The van der Waals surface area contributed by atoms with Gasteiger partial charge in [-0.05, 0) is 31.5 Å². The van der Waals surface area contributed by atoms with E-state index in [9.17, 15) is 22.8 Å². The quantitative estimate of drug-likeness (QED) is 0.829. The zero-order valence-corrected chi connectivity index (χ0v) is 15.6. The molecule has 1 amide bonds. The molecule has 3 rings (SSSR count). The number of carbonyl (C=O) groups excluding carboxylic acids is 1. The molecule has 2 aromatic heterocycles. The Labute approximate surface area is 159 Å². The molecule has 152 valence electrons. The molecular formula is C18H22F3N5O2. The lowest BCUT2D eigenvalue weighted by Gasteiger charge is -2.35. The lowest BCUT2D eigenvalue weighted by molar-refractivity contribution is -0.141. The monoisotopic (exact) mass is 397 g/mol. The molecule has 2 N–H and O–H groups in total. The summed E-state index contributed by atoms with van der Waals surface area (Å²) in [5.41, 5.74) is -0.617. The molecule has 1 aliphatic rings. The van der Waals surface area contributed by atoms with Crippen molar-refractivity contribution in [3.63, 3.8) is 0 Å². The number of carbonyl (C=O) groups is 1. The van der Waals surface area contributed by atoms with Crippen LogP contribution in [0.2, 0.25) is 0 Å². The van der Waals surface area contributed by atoms with Gasteiger partial charge in [-0.25, -0.2) is 4.98 Å². The second kappa shape index (κ2) is 7.78. The van der Waals surface area contributed by atoms with E-state index >= 15 is 0 Å². The number of piperidine rings is 1. The van der Waals surface area contributed by atoms with Crippen molar-refractivity contribution in [1.82, 2.24) is 24.8 Å². The van der Waals surface area contributed by atoms with Crippen LogP contribution in [0.1, 0.15) is 53.0 Å². The number of alkyl halides is 3. The summed E-state index contributed by atoms with van der Waals surface area (Å²) in [5.74, 6) is -0.229. The van der Waals surface area contributed by atoms with Crippen molar-refractivity contribution in [3.05, 3.63) is 51.5 Å². The van der Waals surface area contributed by atoms with Gasteiger partial charge >= 0.3 is 6.18 Å². The highest BCUT2D eigenvalue weighted by molar-refractivity contribution is 5.92. The topological polar surface area (TPSA) is 83.0 Å².